The summed E-state index contributed by atoms with van der Waals surface area (Å²) in [5.74, 6) is 0. The molecule has 0 bridgehead atoms. The molecule has 0 aromatic carbocycles. The SMILES string of the molecule is CCN1CCC(N2CCN(C(C)(C)C)CC2)CC1. The lowest BCUT2D eigenvalue weighted by Crippen LogP contribution is -2.57. The quantitative estimate of drug-likeness (QED) is 0.744. The van der Waals surface area contributed by atoms with Gasteiger partial charge >= 0.3 is 0 Å². The molecular formula is C15H31N3. The van der Waals surface area contributed by atoms with Gasteiger partial charge in [0.25, 0.3) is 0 Å². The molecule has 106 valence electrons. The second kappa shape index (κ2) is 5.89. The first-order valence-electron chi connectivity index (χ1n) is 7.72. The highest BCUT2D eigenvalue weighted by Gasteiger charge is 2.30. The predicted molar refractivity (Wildman–Crippen MR) is 78.0 cm³/mol. The Kier molecular flexibility index (Phi) is 4.68. The minimum atomic E-state index is 0.345. The normalized spacial score (nSPS) is 26.7. The first-order valence-corrected chi connectivity index (χ1v) is 7.72. The van der Waals surface area contributed by atoms with E-state index in [1.807, 2.05) is 0 Å². The Bertz CT molecular complexity index is 243. The Labute approximate surface area is 113 Å². The van der Waals surface area contributed by atoms with Crippen LogP contribution < -0.4 is 0 Å². The third kappa shape index (κ3) is 3.46. The summed E-state index contributed by atoms with van der Waals surface area (Å²) < 4.78 is 0. The summed E-state index contributed by atoms with van der Waals surface area (Å²) in [4.78, 5) is 7.96. The number of hydrogen-bond acceptors (Lipinski definition) is 3. The first kappa shape index (κ1) is 14.3. The maximum Gasteiger partial charge on any atom is 0.0126 e. The van der Waals surface area contributed by atoms with Gasteiger partial charge in [0.05, 0.1) is 0 Å². The van der Waals surface area contributed by atoms with Gasteiger partial charge in [0, 0.05) is 37.8 Å². The van der Waals surface area contributed by atoms with Crippen LogP contribution in [0.5, 0.6) is 0 Å². The second-order valence-electron chi connectivity index (χ2n) is 6.86. The summed E-state index contributed by atoms with van der Waals surface area (Å²) in [6.45, 7) is 18.2. The molecule has 2 aliphatic heterocycles. The monoisotopic (exact) mass is 253 g/mol. The van der Waals surface area contributed by atoms with Crippen molar-refractivity contribution in [2.45, 2.75) is 52.1 Å². The molecule has 0 N–H and O–H groups in total. The van der Waals surface area contributed by atoms with E-state index in [2.05, 4.69) is 42.4 Å². The van der Waals surface area contributed by atoms with E-state index in [1.165, 1.54) is 58.7 Å². The van der Waals surface area contributed by atoms with E-state index in [0.29, 0.717) is 5.54 Å². The molecule has 2 heterocycles. The van der Waals surface area contributed by atoms with Crippen LogP contribution >= 0.6 is 0 Å². The Morgan fingerprint density at radius 2 is 1.44 bits per heavy atom. The van der Waals surface area contributed by atoms with Crippen LogP contribution in [0.4, 0.5) is 0 Å². The molecule has 2 saturated heterocycles. The number of piperidine rings is 1. The van der Waals surface area contributed by atoms with Gasteiger partial charge in [0.15, 0.2) is 0 Å². The van der Waals surface area contributed by atoms with E-state index in [0.717, 1.165) is 6.04 Å². The molecule has 3 heteroatoms. The van der Waals surface area contributed by atoms with Crippen molar-refractivity contribution >= 4 is 0 Å². The number of nitrogens with zero attached hydrogens (tertiary/aromatic N) is 3. The van der Waals surface area contributed by atoms with Crippen LogP contribution in [0, 0.1) is 0 Å². The molecule has 0 aromatic rings. The average molecular weight is 253 g/mol. The van der Waals surface area contributed by atoms with Crippen molar-refractivity contribution in [2.75, 3.05) is 45.8 Å². The van der Waals surface area contributed by atoms with Gasteiger partial charge in [-0.15, -0.1) is 0 Å². The Morgan fingerprint density at radius 3 is 1.89 bits per heavy atom. The van der Waals surface area contributed by atoms with Gasteiger partial charge in [-0.1, -0.05) is 6.92 Å². The summed E-state index contributed by atoms with van der Waals surface area (Å²) >= 11 is 0. The lowest BCUT2D eigenvalue weighted by Gasteiger charge is -2.46. The topological polar surface area (TPSA) is 9.72 Å². The number of likely N-dealkylation sites (tertiary alicyclic amines) is 1. The van der Waals surface area contributed by atoms with E-state index in [4.69, 9.17) is 0 Å². The van der Waals surface area contributed by atoms with Gasteiger partial charge in [0.1, 0.15) is 0 Å². The van der Waals surface area contributed by atoms with Crippen LogP contribution in [0.2, 0.25) is 0 Å². The van der Waals surface area contributed by atoms with E-state index < -0.39 is 0 Å². The lowest BCUT2D eigenvalue weighted by atomic mass is 10.0. The van der Waals surface area contributed by atoms with E-state index >= 15 is 0 Å². The molecule has 0 atom stereocenters. The summed E-state index contributed by atoms with van der Waals surface area (Å²) in [5, 5.41) is 0. The van der Waals surface area contributed by atoms with Crippen LogP contribution in [0.25, 0.3) is 0 Å². The first-order chi connectivity index (χ1) is 8.50. The molecule has 0 aliphatic carbocycles. The molecule has 2 rings (SSSR count). The summed E-state index contributed by atoms with van der Waals surface area (Å²) in [6, 6.07) is 0.856. The molecule has 0 spiro atoms. The largest absolute Gasteiger partial charge is 0.303 e. The molecule has 0 unspecified atom stereocenters. The fourth-order valence-corrected chi connectivity index (χ4v) is 3.36. The van der Waals surface area contributed by atoms with Crippen LogP contribution in [0.3, 0.4) is 0 Å². The Balaban J connectivity index is 1.77. The van der Waals surface area contributed by atoms with Gasteiger partial charge in [-0.2, -0.15) is 0 Å². The second-order valence-corrected chi connectivity index (χ2v) is 6.86. The summed E-state index contributed by atoms with van der Waals surface area (Å²) in [7, 11) is 0. The lowest BCUT2D eigenvalue weighted by molar-refractivity contribution is 0.0244. The maximum atomic E-state index is 2.75. The highest BCUT2D eigenvalue weighted by molar-refractivity contribution is 4.86. The number of hydrogen-bond donors (Lipinski definition) is 0. The zero-order valence-electron chi connectivity index (χ0n) is 12.8. The van der Waals surface area contributed by atoms with Gasteiger partial charge in [-0.3, -0.25) is 9.80 Å². The fraction of sp³-hybridized carbons (Fsp3) is 1.00. The van der Waals surface area contributed by atoms with Gasteiger partial charge in [0.2, 0.25) is 0 Å². The van der Waals surface area contributed by atoms with Crippen molar-refractivity contribution in [1.82, 2.24) is 14.7 Å². The third-order valence-corrected chi connectivity index (χ3v) is 4.78. The van der Waals surface area contributed by atoms with Crippen molar-refractivity contribution in [1.29, 1.82) is 0 Å². The van der Waals surface area contributed by atoms with Crippen molar-refractivity contribution in [3.8, 4) is 0 Å². The zero-order chi connectivity index (χ0) is 13.2. The number of piperazine rings is 1. The third-order valence-electron chi connectivity index (χ3n) is 4.78. The van der Waals surface area contributed by atoms with Gasteiger partial charge in [-0.25, -0.2) is 0 Å². The highest BCUT2D eigenvalue weighted by atomic mass is 15.3. The maximum absolute atomic E-state index is 2.75. The molecule has 0 saturated carbocycles. The molecule has 2 fully saturated rings. The number of rotatable bonds is 2. The molecule has 0 amide bonds. The average Bonchev–Trinajstić information content (AvgIpc) is 2.38. The van der Waals surface area contributed by atoms with Crippen molar-refractivity contribution in [3.05, 3.63) is 0 Å². The Morgan fingerprint density at radius 1 is 0.889 bits per heavy atom. The van der Waals surface area contributed by atoms with Crippen LogP contribution in [0.1, 0.15) is 40.5 Å². The molecular weight excluding hydrogens is 222 g/mol. The predicted octanol–water partition coefficient (Wildman–Crippen LogP) is 1.89. The van der Waals surface area contributed by atoms with Crippen molar-refractivity contribution in [3.63, 3.8) is 0 Å². The standard InChI is InChI=1S/C15H31N3/c1-5-16-8-6-14(7-9-16)17-10-12-18(13-11-17)15(2,3)4/h14H,5-13H2,1-4H3. The van der Waals surface area contributed by atoms with Gasteiger partial charge in [-0.05, 0) is 53.2 Å². The van der Waals surface area contributed by atoms with Crippen molar-refractivity contribution in [2.24, 2.45) is 0 Å². The van der Waals surface area contributed by atoms with E-state index in [-0.39, 0.29) is 0 Å². The summed E-state index contributed by atoms with van der Waals surface area (Å²) in [6.07, 6.45) is 2.76. The molecule has 0 aromatic heterocycles. The molecule has 18 heavy (non-hydrogen) atoms. The smallest absolute Gasteiger partial charge is 0.0126 e. The van der Waals surface area contributed by atoms with Crippen molar-refractivity contribution < 1.29 is 0 Å². The minimum absolute atomic E-state index is 0.345. The van der Waals surface area contributed by atoms with E-state index in [1.54, 1.807) is 0 Å². The van der Waals surface area contributed by atoms with Crippen LogP contribution in [0.15, 0.2) is 0 Å². The van der Waals surface area contributed by atoms with Gasteiger partial charge < -0.3 is 4.90 Å². The molecule has 0 radical (unpaired) electrons. The van der Waals surface area contributed by atoms with Crippen LogP contribution in [-0.4, -0.2) is 72.1 Å². The minimum Gasteiger partial charge on any atom is -0.303 e. The molecule has 3 nitrogen and oxygen atoms in total. The van der Waals surface area contributed by atoms with Crippen LogP contribution in [-0.2, 0) is 0 Å². The van der Waals surface area contributed by atoms with E-state index in [9.17, 15) is 0 Å². The fourth-order valence-electron chi connectivity index (χ4n) is 3.36. The molecule has 2 aliphatic rings. The zero-order valence-corrected chi connectivity index (χ0v) is 12.8. The highest BCUT2D eigenvalue weighted by Crippen LogP contribution is 2.21. The summed E-state index contributed by atoms with van der Waals surface area (Å²) in [5.41, 5.74) is 0.345. The Hall–Kier alpha value is -0.120.